The molecule has 194 valence electrons. The number of carbonyl (C=O) groups excluding carboxylic acids is 2. The van der Waals surface area contributed by atoms with Crippen LogP contribution in [0.4, 0.5) is 0 Å². The number of amides is 1. The molecule has 2 aromatic carbocycles. The Bertz CT molecular complexity index is 1300. The second-order valence-corrected chi connectivity index (χ2v) is 9.79. The van der Waals surface area contributed by atoms with E-state index in [1.165, 1.54) is 0 Å². The van der Waals surface area contributed by atoms with Crippen LogP contribution in [0.2, 0.25) is 0 Å². The van der Waals surface area contributed by atoms with Gasteiger partial charge in [-0.1, -0.05) is 42.5 Å². The van der Waals surface area contributed by atoms with E-state index >= 15 is 0 Å². The molecule has 1 saturated heterocycles. The fraction of sp³-hybridized carbons (Fsp3) is 0.379. The van der Waals surface area contributed by atoms with E-state index in [1.54, 1.807) is 11.5 Å². The van der Waals surface area contributed by atoms with E-state index in [1.807, 2.05) is 65.7 Å². The maximum absolute atomic E-state index is 13.5. The third-order valence-electron chi connectivity index (χ3n) is 7.18. The minimum absolute atomic E-state index is 0.00895. The average molecular weight is 504 g/mol. The lowest BCUT2D eigenvalue weighted by Gasteiger charge is -2.35. The van der Waals surface area contributed by atoms with Gasteiger partial charge in [0.25, 0.3) is 5.91 Å². The van der Waals surface area contributed by atoms with Gasteiger partial charge in [0, 0.05) is 57.0 Å². The van der Waals surface area contributed by atoms with Gasteiger partial charge in [-0.2, -0.15) is 0 Å². The summed E-state index contributed by atoms with van der Waals surface area (Å²) in [6, 6.07) is 15.4. The van der Waals surface area contributed by atoms with Crippen molar-refractivity contribution in [2.45, 2.75) is 38.8 Å². The number of aromatic nitrogens is 1. The van der Waals surface area contributed by atoms with E-state index in [2.05, 4.69) is 11.9 Å². The molecule has 1 aromatic heterocycles. The van der Waals surface area contributed by atoms with Gasteiger partial charge in [-0.15, -0.1) is 0 Å². The number of carbonyl (C=O) groups is 2. The number of aliphatic hydroxyl groups is 1. The Hall–Kier alpha value is -3.46. The molecule has 2 aliphatic rings. The maximum atomic E-state index is 13.5. The largest absolute Gasteiger partial charge is 0.459 e. The van der Waals surface area contributed by atoms with E-state index in [9.17, 15) is 14.7 Å². The van der Waals surface area contributed by atoms with Crippen molar-refractivity contribution >= 4 is 22.7 Å². The summed E-state index contributed by atoms with van der Waals surface area (Å²) >= 11 is 0. The summed E-state index contributed by atoms with van der Waals surface area (Å²) in [5.41, 5.74) is 3.60. The van der Waals surface area contributed by atoms with Gasteiger partial charge in [-0.05, 0) is 35.9 Å². The fourth-order valence-electron chi connectivity index (χ4n) is 4.99. The lowest BCUT2D eigenvalue weighted by atomic mass is 9.92. The van der Waals surface area contributed by atoms with E-state index in [0.717, 1.165) is 40.7 Å². The van der Waals surface area contributed by atoms with Gasteiger partial charge in [0.2, 0.25) is 12.2 Å². The summed E-state index contributed by atoms with van der Waals surface area (Å²) in [5.74, 6) is -0.0612. The van der Waals surface area contributed by atoms with Gasteiger partial charge in [0.15, 0.2) is 5.76 Å². The van der Waals surface area contributed by atoms with Crippen molar-refractivity contribution in [1.29, 1.82) is 0 Å². The van der Waals surface area contributed by atoms with Crippen LogP contribution >= 0.6 is 0 Å². The van der Waals surface area contributed by atoms with Gasteiger partial charge in [-0.25, -0.2) is 0 Å². The number of hydrogen-bond acceptors (Lipinski definition) is 6. The number of fused-ring (bicyclic) bond motifs is 1. The number of ether oxygens (including phenoxy) is 2. The molecule has 3 aromatic rings. The molecule has 3 heterocycles. The quantitative estimate of drug-likeness (QED) is 0.554. The highest BCUT2D eigenvalue weighted by Gasteiger charge is 2.33. The molecule has 0 spiro atoms. The van der Waals surface area contributed by atoms with E-state index < -0.39 is 6.29 Å². The molecule has 5 rings (SSSR count). The molecule has 0 aliphatic carbocycles. The molecule has 0 saturated carbocycles. The number of rotatable bonds is 6. The number of para-hydroxylation sites is 1. The Balaban J connectivity index is 1.43. The number of hydrogen-bond donors (Lipinski definition) is 1. The molecular weight excluding hydrogens is 470 g/mol. The predicted molar refractivity (Wildman–Crippen MR) is 140 cm³/mol. The van der Waals surface area contributed by atoms with Crippen LogP contribution in [0, 0.1) is 0 Å². The van der Waals surface area contributed by atoms with Crippen molar-refractivity contribution in [3.05, 3.63) is 83.3 Å². The van der Waals surface area contributed by atoms with Crippen LogP contribution in [-0.2, 0) is 27.5 Å². The van der Waals surface area contributed by atoms with Crippen molar-refractivity contribution in [2.24, 2.45) is 0 Å². The van der Waals surface area contributed by atoms with Crippen LogP contribution < -0.4 is 0 Å². The summed E-state index contributed by atoms with van der Waals surface area (Å²) in [4.78, 5) is 29.9. The summed E-state index contributed by atoms with van der Waals surface area (Å²) in [6.45, 7) is 4.78. The van der Waals surface area contributed by atoms with Crippen molar-refractivity contribution in [1.82, 2.24) is 14.4 Å². The second-order valence-electron chi connectivity index (χ2n) is 9.79. The van der Waals surface area contributed by atoms with Gasteiger partial charge >= 0.3 is 0 Å². The topological polar surface area (TPSA) is 84.2 Å². The van der Waals surface area contributed by atoms with E-state index in [-0.39, 0.29) is 24.3 Å². The molecule has 1 amide bonds. The molecule has 2 aliphatic heterocycles. The molecule has 1 N–H and O–H groups in total. The highest BCUT2D eigenvalue weighted by Crippen LogP contribution is 2.37. The van der Waals surface area contributed by atoms with Crippen molar-refractivity contribution < 1.29 is 24.2 Å². The van der Waals surface area contributed by atoms with Crippen molar-refractivity contribution in [2.75, 3.05) is 33.2 Å². The molecule has 8 nitrogen and oxygen atoms in total. The Morgan fingerprint density at radius 3 is 2.43 bits per heavy atom. The predicted octanol–water partition coefficient (Wildman–Crippen LogP) is 3.50. The molecule has 37 heavy (non-hydrogen) atoms. The molecule has 2 atom stereocenters. The number of nitrogens with zero attached hydrogens (tertiary/aromatic N) is 3. The zero-order valence-electron chi connectivity index (χ0n) is 21.3. The first kappa shape index (κ1) is 25.2. The number of aliphatic hydroxyl groups excluding tert-OH is 1. The third-order valence-corrected chi connectivity index (χ3v) is 7.18. The summed E-state index contributed by atoms with van der Waals surface area (Å²) in [6.07, 6.45) is 3.66. The molecule has 0 unspecified atom stereocenters. The summed E-state index contributed by atoms with van der Waals surface area (Å²) < 4.78 is 14.0. The molecule has 8 heteroatoms. The smallest absolute Gasteiger partial charge is 0.288 e. The normalized spacial score (nSPS) is 20.5. The fourth-order valence-corrected chi connectivity index (χ4v) is 4.99. The average Bonchev–Trinajstić information content (AvgIpc) is 3.32. The number of allylic oxidation sites excluding steroid dienone is 1. The van der Waals surface area contributed by atoms with Crippen LogP contribution in [0.5, 0.6) is 0 Å². The standard InChI is InChI=1S/C29H33N3O5/c1-20(34)32-17-25(24-5-3-4-6-26(24)32)23-15-27(29(35)31-13-11-30(2)12-14-31)37-28(16-23)36-19-22-9-7-21(18-33)8-10-22/h3-10,15,17,23,28,33H,11-14,16,18-19H2,1-2H3/t23-,28+/m1/s1. The van der Waals surface area contributed by atoms with Crippen LogP contribution in [-0.4, -0.2) is 70.8 Å². The Morgan fingerprint density at radius 1 is 1.03 bits per heavy atom. The van der Waals surface area contributed by atoms with Crippen LogP contribution in [0.25, 0.3) is 10.9 Å². The third kappa shape index (κ3) is 5.46. The van der Waals surface area contributed by atoms with Gasteiger partial charge in [-0.3, -0.25) is 14.2 Å². The Labute approximate surface area is 216 Å². The lowest BCUT2D eigenvalue weighted by Crippen LogP contribution is -2.48. The van der Waals surface area contributed by atoms with Gasteiger partial charge < -0.3 is 24.4 Å². The van der Waals surface area contributed by atoms with E-state index in [4.69, 9.17) is 9.47 Å². The lowest BCUT2D eigenvalue weighted by molar-refractivity contribution is -0.156. The SMILES string of the molecule is CC(=O)n1cc([C@@H]2C=C(C(=O)N3CCN(C)CC3)O[C@H](OCc3ccc(CO)cc3)C2)c2ccccc21. The van der Waals surface area contributed by atoms with Crippen molar-refractivity contribution in [3.63, 3.8) is 0 Å². The number of piperazine rings is 1. The monoisotopic (exact) mass is 503 g/mol. The molecule has 0 bridgehead atoms. The number of likely N-dealkylation sites (N-methyl/N-ethyl adjacent to an activating group) is 1. The molecular formula is C29H33N3O5. The first-order chi connectivity index (χ1) is 17.9. The minimum Gasteiger partial charge on any atom is -0.459 e. The summed E-state index contributed by atoms with van der Waals surface area (Å²) in [7, 11) is 2.05. The summed E-state index contributed by atoms with van der Waals surface area (Å²) in [5, 5.41) is 10.3. The zero-order chi connectivity index (χ0) is 25.9. The highest BCUT2D eigenvalue weighted by atomic mass is 16.7. The van der Waals surface area contributed by atoms with Crippen LogP contribution in [0.3, 0.4) is 0 Å². The minimum atomic E-state index is -0.627. The van der Waals surface area contributed by atoms with Gasteiger partial charge in [0.05, 0.1) is 18.7 Å². The molecule has 0 radical (unpaired) electrons. The van der Waals surface area contributed by atoms with E-state index in [0.29, 0.717) is 31.9 Å². The first-order valence-corrected chi connectivity index (χ1v) is 12.7. The van der Waals surface area contributed by atoms with Gasteiger partial charge in [0.1, 0.15) is 0 Å². The van der Waals surface area contributed by atoms with Crippen LogP contribution in [0.15, 0.2) is 66.6 Å². The molecule has 1 fully saturated rings. The second kappa shape index (κ2) is 10.9. The zero-order valence-corrected chi connectivity index (χ0v) is 21.3. The van der Waals surface area contributed by atoms with Crippen LogP contribution in [0.1, 0.15) is 40.7 Å². The first-order valence-electron chi connectivity index (χ1n) is 12.7. The Kier molecular flexibility index (Phi) is 7.41. The highest BCUT2D eigenvalue weighted by molar-refractivity contribution is 5.95. The maximum Gasteiger partial charge on any atom is 0.288 e. The number of benzene rings is 2. The Morgan fingerprint density at radius 2 is 1.73 bits per heavy atom. The van der Waals surface area contributed by atoms with Crippen molar-refractivity contribution in [3.8, 4) is 0 Å².